The lowest BCUT2D eigenvalue weighted by Gasteiger charge is -2.21. The Kier molecular flexibility index (Phi) is 6.49. The second-order valence-corrected chi connectivity index (χ2v) is 8.78. The van der Waals surface area contributed by atoms with Gasteiger partial charge in [-0.15, -0.1) is 0 Å². The summed E-state index contributed by atoms with van der Waals surface area (Å²) in [6.45, 7) is 0. The molecule has 1 aromatic rings. The van der Waals surface area contributed by atoms with E-state index in [-0.39, 0.29) is 23.7 Å². The highest BCUT2D eigenvalue weighted by Crippen LogP contribution is 2.26. The molecule has 0 saturated carbocycles. The summed E-state index contributed by atoms with van der Waals surface area (Å²) >= 11 is 3.83. The number of anilines is 2. The SMILES string of the molecule is O=C(Nc1cccc(NC(=O)C2CCSCC2)c1)C1CCSCC1. The summed E-state index contributed by atoms with van der Waals surface area (Å²) in [5, 5.41) is 6.00. The quantitative estimate of drug-likeness (QED) is 0.852. The van der Waals surface area contributed by atoms with Crippen LogP contribution in [-0.4, -0.2) is 34.8 Å². The van der Waals surface area contributed by atoms with E-state index in [1.807, 2.05) is 47.8 Å². The van der Waals surface area contributed by atoms with Gasteiger partial charge in [-0.3, -0.25) is 9.59 Å². The number of hydrogen-bond acceptors (Lipinski definition) is 4. The molecule has 0 spiro atoms. The van der Waals surface area contributed by atoms with Crippen LogP contribution in [0.5, 0.6) is 0 Å². The Labute approximate surface area is 151 Å². The van der Waals surface area contributed by atoms with Crippen LogP contribution in [0.4, 0.5) is 11.4 Å². The van der Waals surface area contributed by atoms with Crippen LogP contribution < -0.4 is 10.6 Å². The second-order valence-electron chi connectivity index (χ2n) is 6.33. The first-order chi connectivity index (χ1) is 11.7. The maximum atomic E-state index is 12.3. The van der Waals surface area contributed by atoms with E-state index in [1.165, 1.54) is 0 Å². The van der Waals surface area contributed by atoms with Gasteiger partial charge in [0.15, 0.2) is 0 Å². The summed E-state index contributed by atoms with van der Waals surface area (Å²) in [5.41, 5.74) is 1.52. The number of carbonyl (C=O) groups excluding carboxylic acids is 2. The fourth-order valence-electron chi connectivity index (χ4n) is 3.08. The Morgan fingerprint density at radius 2 is 1.21 bits per heavy atom. The minimum Gasteiger partial charge on any atom is -0.326 e. The minimum atomic E-state index is 0.100. The van der Waals surface area contributed by atoms with Crippen molar-refractivity contribution in [3.8, 4) is 0 Å². The van der Waals surface area contributed by atoms with E-state index in [9.17, 15) is 9.59 Å². The molecule has 0 aliphatic carbocycles. The molecular weight excluding hydrogens is 340 g/mol. The van der Waals surface area contributed by atoms with Crippen LogP contribution in [0.1, 0.15) is 25.7 Å². The lowest BCUT2D eigenvalue weighted by atomic mass is 10.0. The molecule has 24 heavy (non-hydrogen) atoms. The van der Waals surface area contributed by atoms with Crippen molar-refractivity contribution in [2.45, 2.75) is 25.7 Å². The molecule has 2 aliphatic rings. The van der Waals surface area contributed by atoms with E-state index in [2.05, 4.69) is 10.6 Å². The van der Waals surface area contributed by atoms with E-state index in [0.29, 0.717) is 0 Å². The minimum absolute atomic E-state index is 0.100. The smallest absolute Gasteiger partial charge is 0.227 e. The average molecular weight is 365 g/mol. The zero-order chi connectivity index (χ0) is 16.8. The molecule has 2 aliphatic heterocycles. The van der Waals surface area contributed by atoms with Gasteiger partial charge in [-0.1, -0.05) is 6.07 Å². The number of carbonyl (C=O) groups is 2. The normalized spacial score (nSPS) is 19.7. The number of benzene rings is 1. The fraction of sp³-hybridized carbons (Fsp3) is 0.556. The Hall–Kier alpha value is -1.14. The summed E-state index contributed by atoms with van der Waals surface area (Å²) in [7, 11) is 0. The Morgan fingerprint density at radius 1 is 0.792 bits per heavy atom. The van der Waals surface area contributed by atoms with Gasteiger partial charge < -0.3 is 10.6 Å². The van der Waals surface area contributed by atoms with Gasteiger partial charge in [0.1, 0.15) is 0 Å². The maximum absolute atomic E-state index is 12.3. The van der Waals surface area contributed by atoms with Gasteiger partial charge >= 0.3 is 0 Å². The molecule has 2 fully saturated rings. The Balaban J connectivity index is 1.57. The predicted molar refractivity (Wildman–Crippen MR) is 104 cm³/mol. The zero-order valence-corrected chi connectivity index (χ0v) is 15.4. The third kappa shape index (κ3) is 4.93. The van der Waals surface area contributed by atoms with E-state index < -0.39 is 0 Å². The van der Waals surface area contributed by atoms with Crippen molar-refractivity contribution in [2.24, 2.45) is 11.8 Å². The van der Waals surface area contributed by atoms with E-state index in [4.69, 9.17) is 0 Å². The summed E-state index contributed by atoms with van der Waals surface area (Å²) in [4.78, 5) is 24.7. The molecule has 2 saturated heterocycles. The van der Waals surface area contributed by atoms with E-state index in [0.717, 1.165) is 60.1 Å². The Bertz CT molecular complexity index is 535. The summed E-state index contributed by atoms with van der Waals surface area (Å²) in [5.74, 6) is 4.68. The largest absolute Gasteiger partial charge is 0.326 e. The topological polar surface area (TPSA) is 58.2 Å². The summed E-state index contributed by atoms with van der Waals surface area (Å²) in [6.07, 6.45) is 3.80. The van der Waals surface area contributed by atoms with Crippen molar-refractivity contribution in [2.75, 3.05) is 33.6 Å². The third-order valence-electron chi connectivity index (χ3n) is 4.58. The molecule has 3 rings (SSSR count). The molecule has 0 unspecified atom stereocenters. The van der Waals surface area contributed by atoms with Crippen LogP contribution in [0.25, 0.3) is 0 Å². The fourth-order valence-corrected chi connectivity index (χ4v) is 5.30. The highest BCUT2D eigenvalue weighted by Gasteiger charge is 2.23. The van der Waals surface area contributed by atoms with Crippen molar-refractivity contribution in [1.82, 2.24) is 0 Å². The van der Waals surface area contributed by atoms with Crippen LogP contribution in [0.3, 0.4) is 0 Å². The van der Waals surface area contributed by atoms with E-state index in [1.54, 1.807) is 0 Å². The second kappa shape index (κ2) is 8.81. The predicted octanol–water partition coefficient (Wildman–Crippen LogP) is 3.85. The lowest BCUT2D eigenvalue weighted by Crippen LogP contribution is -2.27. The average Bonchev–Trinajstić information content (AvgIpc) is 2.63. The van der Waals surface area contributed by atoms with Gasteiger partial charge in [0.05, 0.1) is 0 Å². The number of rotatable bonds is 4. The molecule has 0 bridgehead atoms. The molecule has 4 nitrogen and oxygen atoms in total. The van der Waals surface area contributed by atoms with Crippen molar-refractivity contribution in [3.63, 3.8) is 0 Å². The molecule has 130 valence electrons. The van der Waals surface area contributed by atoms with Gasteiger partial charge in [-0.2, -0.15) is 23.5 Å². The molecule has 0 aromatic heterocycles. The molecule has 2 N–H and O–H groups in total. The molecule has 6 heteroatoms. The number of hydrogen-bond donors (Lipinski definition) is 2. The standard InChI is InChI=1S/C18H24N2O2S2/c21-17(13-4-8-23-9-5-13)19-15-2-1-3-16(12-15)20-18(22)14-6-10-24-11-7-14/h1-3,12-14H,4-11H2,(H,19,21)(H,20,22). The van der Waals surface area contributed by atoms with Gasteiger partial charge in [-0.25, -0.2) is 0 Å². The van der Waals surface area contributed by atoms with Crippen molar-refractivity contribution in [3.05, 3.63) is 24.3 Å². The van der Waals surface area contributed by atoms with Gasteiger partial charge in [0, 0.05) is 23.2 Å². The molecule has 2 heterocycles. The number of thioether (sulfide) groups is 2. The van der Waals surface area contributed by atoms with Crippen LogP contribution in [0, 0.1) is 11.8 Å². The third-order valence-corrected chi connectivity index (χ3v) is 6.68. The summed E-state index contributed by atoms with van der Waals surface area (Å²) in [6, 6.07) is 7.48. The van der Waals surface area contributed by atoms with Crippen LogP contribution >= 0.6 is 23.5 Å². The first kappa shape index (κ1) is 17.7. The van der Waals surface area contributed by atoms with Gasteiger partial charge in [-0.05, 0) is 66.9 Å². The number of amides is 2. The molecule has 2 amide bonds. The van der Waals surface area contributed by atoms with Gasteiger partial charge in [0.2, 0.25) is 11.8 Å². The van der Waals surface area contributed by atoms with Gasteiger partial charge in [0.25, 0.3) is 0 Å². The highest BCUT2D eigenvalue weighted by molar-refractivity contribution is 7.99. The Morgan fingerprint density at radius 3 is 1.62 bits per heavy atom. The van der Waals surface area contributed by atoms with Crippen molar-refractivity contribution >= 4 is 46.7 Å². The molecule has 1 aromatic carbocycles. The monoisotopic (exact) mass is 364 g/mol. The van der Waals surface area contributed by atoms with Crippen LogP contribution in [0.2, 0.25) is 0 Å². The summed E-state index contributed by atoms with van der Waals surface area (Å²) < 4.78 is 0. The van der Waals surface area contributed by atoms with E-state index >= 15 is 0 Å². The highest BCUT2D eigenvalue weighted by atomic mass is 32.2. The van der Waals surface area contributed by atoms with Crippen molar-refractivity contribution < 1.29 is 9.59 Å². The molecular formula is C18H24N2O2S2. The first-order valence-electron chi connectivity index (χ1n) is 8.59. The molecule has 0 radical (unpaired) electrons. The zero-order valence-electron chi connectivity index (χ0n) is 13.8. The van der Waals surface area contributed by atoms with Crippen molar-refractivity contribution in [1.29, 1.82) is 0 Å². The molecule has 0 atom stereocenters. The lowest BCUT2D eigenvalue weighted by molar-refractivity contribution is -0.120. The first-order valence-corrected chi connectivity index (χ1v) is 10.9. The number of nitrogens with one attached hydrogen (secondary N) is 2. The van der Waals surface area contributed by atoms with Crippen LogP contribution in [-0.2, 0) is 9.59 Å². The maximum Gasteiger partial charge on any atom is 0.227 e. The van der Waals surface area contributed by atoms with Crippen LogP contribution in [0.15, 0.2) is 24.3 Å².